The van der Waals surface area contributed by atoms with Crippen LogP contribution in [0.15, 0.2) is 36.4 Å². The molecule has 0 radical (unpaired) electrons. The SMILES string of the molecule is COc1ccc(Cc2cc(C)nc(C3CCCN(C(=O)CN4CCCCCC4=O)C3)c2)cc1. The van der Waals surface area contributed by atoms with E-state index >= 15 is 0 Å². The molecule has 176 valence electrons. The van der Waals surface area contributed by atoms with Crippen molar-refractivity contribution in [2.45, 2.75) is 57.8 Å². The first kappa shape index (κ1) is 23.3. The van der Waals surface area contributed by atoms with Crippen molar-refractivity contribution in [1.29, 1.82) is 0 Å². The minimum Gasteiger partial charge on any atom is -0.497 e. The molecule has 2 aliphatic heterocycles. The van der Waals surface area contributed by atoms with E-state index in [4.69, 9.17) is 9.72 Å². The molecule has 0 spiro atoms. The molecule has 1 aromatic heterocycles. The van der Waals surface area contributed by atoms with Gasteiger partial charge in [-0.25, -0.2) is 0 Å². The molecule has 1 aromatic carbocycles. The highest BCUT2D eigenvalue weighted by molar-refractivity contribution is 5.85. The second-order valence-electron chi connectivity index (χ2n) is 9.37. The minimum absolute atomic E-state index is 0.0704. The second-order valence-corrected chi connectivity index (χ2v) is 9.37. The standard InChI is InChI=1S/C27H35N3O3/c1-20-15-22(16-21-9-11-24(33-2)12-10-21)17-25(28-20)23-7-6-14-29(18-23)27(32)19-30-13-5-3-4-8-26(30)31/h9-12,15,17,23H,3-8,13-14,16,18-19H2,1-2H3. The molecule has 0 bridgehead atoms. The Morgan fingerprint density at radius 1 is 1.06 bits per heavy atom. The van der Waals surface area contributed by atoms with Gasteiger partial charge in [-0.2, -0.15) is 0 Å². The van der Waals surface area contributed by atoms with E-state index in [1.54, 1.807) is 12.0 Å². The number of piperidine rings is 1. The van der Waals surface area contributed by atoms with E-state index in [2.05, 4.69) is 24.3 Å². The van der Waals surface area contributed by atoms with Gasteiger partial charge in [0.05, 0.1) is 13.7 Å². The average molecular weight is 450 g/mol. The lowest BCUT2D eigenvalue weighted by Crippen LogP contribution is -2.46. The van der Waals surface area contributed by atoms with E-state index in [9.17, 15) is 9.59 Å². The molecular weight excluding hydrogens is 414 g/mol. The number of amides is 2. The van der Waals surface area contributed by atoms with Crippen LogP contribution in [0, 0.1) is 6.92 Å². The van der Waals surface area contributed by atoms with Crippen LogP contribution in [0.1, 0.15) is 67.0 Å². The number of likely N-dealkylation sites (tertiary alicyclic amines) is 2. The van der Waals surface area contributed by atoms with Gasteiger partial charge in [-0.3, -0.25) is 14.6 Å². The monoisotopic (exact) mass is 449 g/mol. The number of aromatic nitrogens is 1. The number of hydrogen-bond acceptors (Lipinski definition) is 4. The summed E-state index contributed by atoms with van der Waals surface area (Å²) >= 11 is 0. The molecular formula is C27H35N3O3. The third-order valence-corrected chi connectivity index (χ3v) is 6.79. The fourth-order valence-corrected chi connectivity index (χ4v) is 4.97. The number of aryl methyl sites for hydroxylation is 1. The Morgan fingerprint density at radius 3 is 2.67 bits per heavy atom. The van der Waals surface area contributed by atoms with Gasteiger partial charge in [0, 0.05) is 43.4 Å². The molecule has 0 aliphatic carbocycles. The zero-order chi connectivity index (χ0) is 23.2. The van der Waals surface area contributed by atoms with Crippen LogP contribution in [0.5, 0.6) is 5.75 Å². The van der Waals surface area contributed by atoms with Gasteiger partial charge in [0.15, 0.2) is 0 Å². The summed E-state index contributed by atoms with van der Waals surface area (Å²) in [4.78, 5) is 33.9. The highest BCUT2D eigenvalue weighted by Crippen LogP contribution is 2.28. The minimum atomic E-state index is 0.0704. The summed E-state index contributed by atoms with van der Waals surface area (Å²) in [5.74, 6) is 1.29. The van der Waals surface area contributed by atoms with Gasteiger partial charge in [0.1, 0.15) is 5.75 Å². The Kier molecular flexibility index (Phi) is 7.63. The maximum absolute atomic E-state index is 13.0. The fourth-order valence-electron chi connectivity index (χ4n) is 4.97. The zero-order valence-corrected chi connectivity index (χ0v) is 19.9. The molecule has 4 rings (SSSR count). The first-order chi connectivity index (χ1) is 16.0. The predicted octanol–water partition coefficient (Wildman–Crippen LogP) is 4.10. The molecule has 33 heavy (non-hydrogen) atoms. The third-order valence-electron chi connectivity index (χ3n) is 6.79. The number of methoxy groups -OCH3 is 1. The van der Waals surface area contributed by atoms with Gasteiger partial charge in [0.25, 0.3) is 0 Å². The molecule has 3 heterocycles. The lowest BCUT2D eigenvalue weighted by atomic mass is 9.92. The number of ether oxygens (including phenoxy) is 1. The summed E-state index contributed by atoms with van der Waals surface area (Å²) in [6.07, 6.45) is 6.41. The maximum Gasteiger partial charge on any atom is 0.242 e. The van der Waals surface area contributed by atoms with Crippen molar-refractivity contribution >= 4 is 11.8 Å². The summed E-state index contributed by atoms with van der Waals surface area (Å²) in [5, 5.41) is 0. The quantitative estimate of drug-likeness (QED) is 0.666. The maximum atomic E-state index is 13.0. The topological polar surface area (TPSA) is 62.7 Å². The molecule has 2 amide bonds. The van der Waals surface area contributed by atoms with Crippen molar-refractivity contribution < 1.29 is 14.3 Å². The molecule has 1 atom stereocenters. The van der Waals surface area contributed by atoms with Crippen LogP contribution < -0.4 is 4.74 Å². The van der Waals surface area contributed by atoms with E-state index in [0.717, 1.165) is 62.2 Å². The summed E-state index contributed by atoms with van der Waals surface area (Å²) in [6, 6.07) is 12.5. The van der Waals surface area contributed by atoms with Crippen molar-refractivity contribution in [1.82, 2.24) is 14.8 Å². The molecule has 2 aromatic rings. The zero-order valence-electron chi connectivity index (χ0n) is 19.9. The van der Waals surface area contributed by atoms with E-state index < -0.39 is 0 Å². The number of pyridine rings is 1. The van der Waals surface area contributed by atoms with Gasteiger partial charge in [-0.05, 0) is 74.4 Å². The first-order valence-corrected chi connectivity index (χ1v) is 12.2. The molecule has 1 unspecified atom stereocenters. The Bertz CT molecular complexity index is 973. The van der Waals surface area contributed by atoms with Crippen LogP contribution in [0.25, 0.3) is 0 Å². The number of rotatable bonds is 6. The van der Waals surface area contributed by atoms with Crippen molar-refractivity contribution in [3.05, 3.63) is 58.9 Å². The molecule has 2 aliphatic rings. The fraction of sp³-hybridized carbons (Fsp3) is 0.519. The second kappa shape index (κ2) is 10.8. The Labute approximate surface area is 196 Å². The van der Waals surface area contributed by atoms with Crippen molar-refractivity contribution in [3.8, 4) is 5.75 Å². The van der Waals surface area contributed by atoms with E-state index in [0.29, 0.717) is 19.5 Å². The molecule has 0 N–H and O–H groups in total. The van der Waals surface area contributed by atoms with Crippen LogP contribution in [-0.2, 0) is 16.0 Å². The molecule has 2 fully saturated rings. The van der Waals surface area contributed by atoms with Crippen LogP contribution in [-0.4, -0.2) is 59.9 Å². The molecule has 6 nitrogen and oxygen atoms in total. The Balaban J connectivity index is 1.42. The van der Waals surface area contributed by atoms with Gasteiger partial charge in [0.2, 0.25) is 11.8 Å². The van der Waals surface area contributed by atoms with Crippen molar-refractivity contribution in [2.24, 2.45) is 0 Å². The summed E-state index contributed by atoms with van der Waals surface area (Å²) in [6.45, 7) is 4.41. The largest absolute Gasteiger partial charge is 0.497 e. The number of nitrogens with zero attached hydrogens (tertiary/aromatic N) is 3. The average Bonchev–Trinajstić information content (AvgIpc) is 3.03. The number of hydrogen-bond donors (Lipinski definition) is 0. The normalized spacial score (nSPS) is 19.3. The van der Waals surface area contributed by atoms with Crippen molar-refractivity contribution in [3.63, 3.8) is 0 Å². The van der Waals surface area contributed by atoms with Crippen LogP contribution in [0.3, 0.4) is 0 Å². The first-order valence-electron chi connectivity index (χ1n) is 12.2. The summed E-state index contributed by atoms with van der Waals surface area (Å²) < 4.78 is 5.26. The molecule has 2 saturated heterocycles. The lowest BCUT2D eigenvalue weighted by molar-refractivity contribution is -0.140. The van der Waals surface area contributed by atoms with Crippen LogP contribution in [0.2, 0.25) is 0 Å². The predicted molar refractivity (Wildman–Crippen MR) is 128 cm³/mol. The van der Waals surface area contributed by atoms with Gasteiger partial charge in [-0.15, -0.1) is 0 Å². The van der Waals surface area contributed by atoms with E-state index in [1.165, 1.54) is 11.1 Å². The molecule has 6 heteroatoms. The lowest BCUT2D eigenvalue weighted by Gasteiger charge is -2.34. The Morgan fingerprint density at radius 2 is 1.88 bits per heavy atom. The third kappa shape index (κ3) is 6.12. The molecule has 0 saturated carbocycles. The number of carbonyl (C=O) groups is 2. The van der Waals surface area contributed by atoms with Gasteiger partial charge < -0.3 is 14.5 Å². The van der Waals surface area contributed by atoms with Crippen molar-refractivity contribution in [2.75, 3.05) is 33.3 Å². The van der Waals surface area contributed by atoms with E-state index in [-0.39, 0.29) is 24.3 Å². The highest BCUT2D eigenvalue weighted by atomic mass is 16.5. The Hall–Kier alpha value is -2.89. The summed E-state index contributed by atoms with van der Waals surface area (Å²) in [7, 11) is 1.68. The summed E-state index contributed by atoms with van der Waals surface area (Å²) in [5.41, 5.74) is 4.55. The van der Waals surface area contributed by atoms with Crippen LogP contribution >= 0.6 is 0 Å². The van der Waals surface area contributed by atoms with Gasteiger partial charge in [-0.1, -0.05) is 18.6 Å². The number of carbonyl (C=O) groups excluding carboxylic acids is 2. The van der Waals surface area contributed by atoms with Crippen LogP contribution in [0.4, 0.5) is 0 Å². The smallest absolute Gasteiger partial charge is 0.242 e. The van der Waals surface area contributed by atoms with E-state index in [1.807, 2.05) is 24.0 Å². The highest BCUT2D eigenvalue weighted by Gasteiger charge is 2.28. The number of benzene rings is 1. The van der Waals surface area contributed by atoms with Gasteiger partial charge >= 0.3 is 0 Å².